The molecular formula is C13H24N2OS. The van der Waals surface area contributed by atoms with Gasteiger partial charge in [-0.15, -0.1) is 0 Å². The lowest BCUT2D eigenvalue weighted by molar-refractivity contribution is -0.0850. The minimum Gasteiger partial charge on any atom is -0.381 e. The second-order valence-corrected chi connectivity index (χ2v) is 7.05. The van der Waals surface area contributed by atoms with Crippen LogP contribution in [0.1, 0.15) is 34.1 Å². The number of hydrogen-bond donors (Lipinski definition) is 1. The van der Waals surface area contributed by atoms with Crippen molar-refractivity contribution in [3.8, 4) is 0 Å². The van der Waals surface area contributed by atoms with Crippen LogP contribution in [0.25, 0.3) is 0 Å². The van der Waals surface area contributed by atoms with E-state index >= 15 is 0 Å². The molecule has 2 fully saturated rings. The average Bonchev–Trinajstić information content (AvgIpc) is 2.72. The molecule has 0 spiro atoms. The maximum atomic E-state index is 5.46. The van der Waals surface area contributed by atoms with Crippen LogP contribution in [0.2, 0.25) is 0 Å². The van der Waals surface area contributed by atoms with E-state index in [4.69, 9.17) is 9.73 Å². The molecule has 0 aromatic heterocycles. The summed E-state index contributed by atoms with van der Waals surface area (Å²) in [5.41, 5.74) is 0.180. The third-order valence-electron chi connectivity index (χ3n) is 4.20. The van der Waals surface area contributed by atoms with Crippen molar-refractivity contribution >= 4 is 16.9 Å². The third kappa shape index (κ3) is 2.48. The molecule has 2 aliphatic rings. The Morgan fingerprint density at radius 2 is 2.18 bits per heavy atom. The SMILES string of the molecule is COC1CC(N=C2NC(C(C)C)CS2)C1(C)C. The number of nitrogens with zero attached hydrogens (tertiary/aromatic N) is 1. The number of thioether (sulfide) groups is 1. The van der Waals surface area contributed by atoms with Crippen molar-refractivity contribution in [2.24, 2.45) is 16.3 Å². The monoisotopic (exact) mass is 256 g/mol. The number of aliphatic imine (C=N–C) groups is 1. The van der Waals surface area contributed by atoms with Crippen LogP contribution in [0.15, 0.2) is 4.99 Å². The Morgan fingerprint density at radius 1 is 1.47 bits per heavy atom. The Morgan fingerprint density at radius 3 is 2.65 bits per heavy atom. The van der Waals surface area contributed by atoms with Crippen LogP contribution in [0.5, 0.6) is 0 Å². The predicted molar refractivity (Wildman–Crippen MR) is 74.6 cm³/mol. The first-order valence-corrected chi connectivity index (χ1v) is 7.43. The fourth-order valence-electron chi connectivity index (χ4n) is 2.47. The molecule has 1 saturated carbocycles. The zero-order chi connectivity index (χ0) is 12.6. The van der Waals surface area contributed by atoms with Crippen LogP contribution in [0, 0.1) is 11.3 Å². The zero-order valence-corrected chi connectivity index (χ0v) is 12.3. The molecule has 0 bridgehead atoms. The molecule has 1 N–H and O–H groups in total. The van der Waals surface area contributed by atoms with Gasteiger partial charge in [-0.05, 0) is 12.3 Å². The number of amidine groups is 1. The van der Waals surface area contributed by atoms with E-state index in [-0.39, 0.29) is 5.41 Å². The van der Waals surface area contributed by atoms with Crippen molar-refractivity contribution in [1.29, 1.82) is 0 Å². The molecule has 3 unspecified atom stereocenters. The molecule has 1 aliphatic carbocycles. The Bertz CT molecular complexity index is 315. The van der Waals surface area contributed by atoms with Gasteiger partial charge < -0.3 is 10.1 Å². The van der Waals surface area contributed by atoms with Gasteiger partial charge in [0.05, 0.1) is 12.1 Å². The lowest BCUT2D eigenvalue weighted by Gasteiger charge is -2.49. The number of methoxy groups -OCH3 is 1. The second kappa shape index (κ2) is 4.81. The number of hydrogen-bond acceptors (Lipinski definition) is 3. The number of rotatable bonds is 3. The summed E-state index contributed by atoms with van der Waals surface area (Å²) in [6.45, 7) is 9.02. The molecule has 98 valence electrons. The molecule has 0 amide bonds. The fourth-order valence-corrected chi connectivity index (χ4v) is 3.71. The Kier molecular flexibility index (Phi) is 3.74. The van der Waals surface area contributed by atoms with E-state index in [1.165, 1.54) is 0 Å². The van der Waals surface area contributed by atoms with Crippen molar-refractivity contribution in [3.05, 3.63) is 0 Å². The Hall–Kier alpha value is -0.220. The molecular weight excluding hydrogens is 232 g/mol. The first-order chi connectivity index (χ1) is 7.95. The van der Waals surface area contributed by atoms with Gasteiger partial charge in [0.1, 0.15) is 0 Å². The summed E-state index contributed by atoms with van der Waals surface area (Å²) in [5.74, 6) is 1.83. The molecule has 1 aliphatic heterocycles. The second-order valence-electron chi connectivity index (χ2n) is 6.04. The summed E-state index contributed by atoms with van der Waals surface area (Å²) in [6.07, 6.45) is 1.42. The van der Waals surface area contributed by atoms with Crippen LogP contribution < -0.4 is 5.32 Å². The van der Waals surface area contributed by atoms with Crippen LogP contribution >= 0.6 is 11.8 Å². The van der Waals surface area contributed by atoms with E-state index in [0.717, 1.165) is 17.3 Å². The van der Waals surface area contributed by atoms with Gasteiger partial charge in [0.25, 0.3) is 0 Å². The summed E-state index contributed by atoms with van der Waals surface area (Å²) in [4.78, 5) is 4.85. The van der Waals surface area contributed by atoms with Gasteiger partial charge in [0.2, 0.25) is 0 Å². The van der Waals surface area contributed by atoms with E-state index < -0.39 is 0 Å². The standard InChI is InChI=1S/C13H24N2OS/c1-8(2)9-7-17-12(14-9)15-10-6-11(16-5)13(10,3)4/h8-11H,6-7H2,1-5H3,(H,14,15). The summed E-state index contributed by atoms with van der Waals surface area (Å²) in [7, 11) is 1.80. The zero-order valence-electron chi connectivity index (χ0n) is 11.5. The number of nitrogens with one attached hydrogen (secondary N) is 1. The first-order valence-electron chi connectivity index (χ1n) is 6.45. The van der Waals surface area contributed by atoms with Gasteiger partial charge in [0.15, 0.2) is 5.17 Å². The van der Waals surface area contributed by atoms with Crippen LogP contribution in [0.3, 0.4) is 0 Å². The van der Waals surface area contributed by atoms with E-state index in [1.54, 1.807) is 7.11 Å². The topological polar surface area (TPSA) is 33.6 Å². The van der Waals surface area contributed by atoms with Crippen LogP contribution in [-0.2, 0) is 4.74 Å². The lowest BCUT2D eigenvalue weighted by atomic mass is 9.65. The molecule has 4 heteroatoms. The highest BCUT2D eigenvalue weighted by molar-refractivity contribution is 8.14. The molecule has 2 rings (SSSR count). The summed E-state index contributed by atoms with van der Waals surface area (Å²) in [6, 6.07) is 0.994. The Labute approximate surface area is 109 Å². The highest BCUT2D eigenvalue weighted by Crippen LogP contribution is 2.45. The van der Waals surface area contributed by atoms with Gasteiger partial charge in [-0.2, -0.15) is 0 Å². The van der Waals surface area contributed by atoms with Crippen molar-refractivity contribution < 1.29 is 4.74 Å². The van der Waals surface area contributed by atoms with Crippen molar-refractivity contribution in [2.45, 2.75) is 52.3 Å². The van der Waals surface area contributed by atoms with Gasteiger partial charge in [-0.25, -0.2) is 0 Å². The van der Waals surface area contributed by atoms with Crippen LogP contribution in [0.4, 0.5) is 0 Å². The molecule has 0 aromatic carbocycles. The fraction of sp³-hybridized carbons (Fsp3) is 0.923. The van der Waals surface area contributed by atoms with Gasteiger partial charge in [0, 0.05) is 24.3 Å². The van der Waals surface area contributed by atoms with Crippen molar-refractivity contribution in [2.75, 3.05) is 12.9 Å². The average molecular weight is 256 g/mol. The van der Waals surface area contributed by atoms with Gasteiger partial charge >= 0.3 is 0 Å². The largest absolute Gasteiger partial charge is 0.381 e. The molecule has 0 radical (unpaired) electrons. The highest BCUT2D eigenvalue weighted by Gasteiger charge is 2.49. The van der Waals surface area contributed by atoms with Gasteiger partial charge in [-0.1, -0.05) is 39.5 Å². The minimum atomic E-state index is 0.180. The molecule has 3 nitrogen and oxygen atoms in total. The lowest BCUT2D eigenvalue weighted by Crippen LogP contribution is -2.53. The first kappa shape index (κ1) is 13.2. The quantitative estimate of drug-likeness (QED) is 0.842. The normalized spacial score (nSPS) is 38.2. The highest BCUT2D eigenvalue weighted by atomic mass is 32.2. The van der Waals surface area contributed by atoms with Gasteiger partial charge in [-0.3, -0.25) is 4.99 Å². The third-order valence-corrected chi connectivity index (χ3v) is 5.22. The summed E-state index contributed by atoms with van der Waals surface area (Å²) in [5, 5.41) is 4.67. The molecule has 3 atom stereocenters. The molecule has 1 saturated heterocycles. The van der Waals surface area contributed by atoms with Crippen molar-refractivity contribution in [3.63, 3.8) is 0 Å². The molecule has 1 heterocycles. The van der Waals surface area contributed by atoms with Crippen LogP contribution in [-0.4, -0.2) is 36.2 Å². The predicted octanol–water partition coefficient (Wildman–Crippen LogP) is 2.52. The maximum absolute atomic E-state index is 5.46. The summed E-state index contributed by atoms with van der Waals surface area (Å²) >= 11 is 1.86. The molecule has 0 aromatic rings. The number of ether oxygens (including phenoxy) is 1. The van der Waals surface area contributed by atoms with E-state index in [9.17, 15) is 0 Å². The minimum absolute atomic E-state index is 0.180. The molecule has 17 heavy (non-hydrogen) atoms. The van der Waals surface area contributed by atoms with E-state index in [2.05, 4.69) is 33.0 Å². The Balaban J connectivity index is 1.94. The van der Waals surface area contributed by atoms with E-state index in [0.29, 0.717) is 24.1 Å². The smallest absolute Gasteiger partial charge is 0.157 e. The van der Waals surface area contributed by atoms with Crippen molar-refractivity contribution in [1.82, 2.24) is 5.32 Å². The maximum Gasteiger partial charge on any atom is 0.157 e. The summed E-state index contributed by atoms with van der Waals surface area (Å²) < 4.78 is 5.46. The van der Waals surface area contributed by atoms with E-state index in [1.807, 2.05) is 11.8 Å².